The highest BCUT2D eigenvalue weighted by molar-refractivity contribution is 5.93. The van der Waals surface area contributed by atoms with Crippen LogP contribution in [0.2, 0.25) is 0 Å². The third kappa shape index (κ3) is 5.34. The molecule has 0 bridgehead atoms. The molecule has 6 nitrogen and oxygen atoms in total. The van der Waals surface area contributed by atoms with Gasteiger partial charge in [0.1, 0.15) is 0 Å². The minimum Gasteiger partial charge on any atom is -0.477 e. The summed E-state index contributed by atoms with van der Waals surface area (Å²) < 4.78 is 5.53. The number of pyridine rings is 3. The maximum absolute atomic E-state index is 12.3. The smallest absolute Gasteiger partial charge is 0.253 e. The van der Waals surface area contributed by atoms with E-state index in [0.29, 0.717) is 30.5 Å². The van der Waals surface area contributed by atoms with Crippen molar-refractivity contribution in [3.8, 4) is 17.1 Å². The highest BCUT2D eigenvalue weighted by atomic mass is 16.5. The number of rotatable bonds is 7. The lowest BCUT2D eigenvalue weighted by molar-refractivity contribution is 0.0950. The van der Waals surface area contributed by atoms with E-state index in [1.54, 1.807) is 30.7 Å². The van der Waals surface area contributed by atoms with Crippen molar-refractivity contribution in [1.29, 1.82) is 0 Å². The molecular formula is C21H22N4O2. The molecule has 0 radical (unpaired) electrons. The first-order valence-electron chi connectivity index (χ1n) is 8.84. The van der Waals surface area contributed by atoms with Crippen molar-refractivity contribution >= 4 is 5.91 Å². The maximum atomic E-state index is 12.3. The Bertz CT molecular complexity index is 880. The predicted octanol–water partition coefficient (Wildman–Crippen LogP) is 3.50. The Balaban J connectivity index is 1.59. The lowest BCUT2D eigenvalue weighted by atomic mass is 10.1. The molecule has 0 aromatic carbocycles. The van der Waals surface area contributed by atoms with Crippen LogP contribution in [0.3, 0.4) is 0 Å². The quantitative estimate of drug-likeness (QED) is 0.696. The lowest BCUT2D eigenvalue weighted by Gasteiger charge is -2.09. The van der Waals surface area contributed by atoms with Gasteiger partial charge in [0.15, 0.2) is 0 Å². The van der Waals surface area contributed by atoms with Gasteiger partial charge in [-0.2, -0.15) is 0 Å². The standard InChI is InChI=1S/C21H22N4O2/c1-15(2)14-27-20-6-5-18(13-24-20)21(26)25-11-16-7-9-23-19(10-16)17-4-3-8-22-12-17/h3-10,12-13,15H,11,14H2,1-2H3,(H,25,26). The summed E-state index contributed by atoms with van der Waals surface area (Å²) in [4.78, 5) is 25.0. The fourth-order valence-corrected chi connectivity index (χ4v) is 2.39. The summed E-state index contributed by atoms with van der Waals surface area (Å²) in [5, 5.41) is 2.90. The van der Waals surface area contributed by atoms with Crippen LogP contribution in [-0.4, -0.2) is 27.5 Å². The summed E-state index contributed by atoms with van der Waals surface area (Å²) in [7, 11) is 0. The molecule has 0 atom stereocenters. The minimum atomic E-state index is -0.183. The van der Waals surface area contributed by atoms with E-state index in [9.17, 15) is 4.79 Å². The van der Waals surface area contributed by atoms with Crippen molar-refractivity contribution in [2.45, 2.75) is 20.4 Å². The highest BCUT2D eigenvalue weighted by Gasteiger charge is 2.08. The number of ether oxygens (including phenoxy) is 1. The Hall–Kier alpha value is -3.28. The third-order valence-electron chi connectivity index (χ3n) is 3.80. The number of amides is 1. The Morgan fingerprint density at radius 3 is 2.70 bits per heavy atom. The average Bonchev–Trinajstić information content (AvgIpc) is 2.72. The second-order valence-corrected chi connectivity index (χ2v) is 6.56. The molecule has 0 fully saturated rings. The monoisotopic (exact) mass is 362 g/mol. The summed E-state index contributed by atoms with van der Waals surface area (Å²) in [5.74, 6) is 0.764. The zero-order valence-corrected chi connectivity index (χ0v) is 15.4. The summed E-state index contributed by atoms with van der Waals surface area (Å²) in [6, 6.07) is 11.1. The minimum absolute atomic E-state index is 0.183. The van der Waals surface area contributed by atoms with E-state index in [2.05, 4.69) is 34.1 Å². The first kappa shape index (κ1) is 18.5. The van der Waals surface area contributed by atoms with E-state index in [-0.39, 0.29) is 5.91 Å². The summed E-state index contributed by atoms with van der Waals surface area (Å²) in [5.41, 5.74) is 3.21. The third-order valence-corrected chi connectivity index (χ3v) is 3.80. The summed E-state index contributed by atoms with van der Waals surface area (Å²) in [6.45, 7) is 5.14. The molecule has 0 saturated carbocycles. The Morgan fingerprint density at radius 1 is 1.11 bits per heavy atom. The van der Waals surface area contributed by atoms with E-state index in [1.165, 1.54) is 6.20 Å². The molecular weight excluding hydrogens is 340 g/mol. The van der Waals surface area contributed by atoms with Crippen molar-refractivity contribution in [3.63, 3.8) is 0 Å². The van der Waals surface area contributed by atoms with Crippen LogP contribution in [0.1, 0.15) is 29.8 Å². The number of hydrogen-bond donors (Lipinski definition) is 1. The van der Waals surface area contributed by atoms with Crippen molar-refractivity contribution < 1.29 is 9.53 Å². The molecule has 3 rings (SSSR count). The molecule has 1 amide bonds. The van der Waals surface area contributed by atoms with Gasteiger partial charge < -0.3 is 10.1 Å². The molecule has 3 heterocycles. The number of carbonyl (C=O) groups excluding carboxylic acids is 1. The molecule has 3 aromatic heterocycles. The van der Waals surface area contributed by atoms with E-state index in [0.717, 1.165) is 16.8 Å². The van der Waals surface area contributed by atoms with E-state index in [4.69, 9.17) is 4.74 Å². The topological polar surface area (TPSA) is 77.0 Å². The Kier molecular flexibility index (Phi) is 6.10. The number of nitrogens with one attached hydrogen (secondary N) is 1. The van der Waals surface area contributed by atoms with Crippen LogP contribution in [0.15, 0.2) is 61.2 Å². The molecule has 1 N–H and O–H groups in total. The first-order valence-corrected chi connectivity index (χ1v) is 8.84. The molecule has 0 aliphatic heterocycles. The van der Waals surface area contributed by atoms with Crippen molar-refractivity contribution in [3.05, 3.63) is 72.3 Å². The molecule has 138 valence electrons. The molecule has 27 heavy (non-hydrogen) atoms. The predicted molar refractivity (Wildman–Crippen MR) is 103 cm³/mol. The van der Waals surface area contributed by atoms with Gasteiger partial charge in [0, 0.05) is 43.0 Å². The van der Waals surface area contributed by atoms with Crippen LogP contribution < -0.4 is 10.1 Å². The van der Waals surface area contributed by atoms with Crippen LogP contribution in [0.5, 0.6) is 5.88 Å². The van der Waals surface area contributed by atoms with Gasteiger partial charge in [-0.25, -0.2) is 4.98 Å². The average molecular weight is 362 g/mol. The van der Waals surface area contributed by atoms with Gasteiger partial charge >= 0.3 is 0 Å². The van der Waals surface area contributed by atoms with Gasteiger partial charge in [0.2, 0.25) is 5.88 Å². The summed E-state index contributed by atoms with van der Waals surface area (Å²) >= 11 is 0. The van der Waals surface area contributed by atoms with Crippen LogP contribution in [0, 0.1) is 5.92 Å². The fourth-order valence-electron chi connectivity index (χ4n) is 2.39. The zero-order chi connectivity index (χ0) is 19.1. The summed E-state index contributed by atoms with van der Waals surface area (Å²) in [6.07, 6.45) is 6.74. The molecule has 0 spiro atoms. The largest absolute Gasteiger partial charge is 0.477 e. The number of aromatic nitrogens is 3. The Labute approximate surface area is 158 Å². The Morgan fingerprint density at radius 2 is 2.00 bits per heavy atom. The van der Waals surface area contributed by atoms with Crippen LogP contribution in [-0.2, 0) is 6.54 Å². The molecule has 0 aliphatic rings. The normalized spacial score (nSPS) is 10.6. The van der Waals surface area contributed by atoms with Crippen molar-refractivity contribution in [1.82, 2.24) is 20.3 Å². The van der Waals surface area contributed by atoms with Crippen LogP contribution in [0.25, 0.3) is 11.3 Å². The van der Waals surface area contributed by atoms with Crippen molar-refractivity contribution in [2.24, 2.45) is 5.92 Å². The highest BCUT2D eigenvalue weighted by Crippen LogP contribution is 2.16. The van der Waals surface area contributed by atoms with Gasteiger partial charge in [-0.05, 0) is 41.8 Å². The van der Waals surface area contributed by atoms with Gasteiger partial charge in [0.25, 0.3) is 5.91 Å². The number of carbonyl (C=O) groups is 1. The van der Waals surface area contributed by atoms with Crippen LogP contribution in [0.4, 0.5) is 0 Å². The SMILES string of the molecule is CC(C)COc1ccc(C(=O)NCc2ccnc(-c3cccnc3)c2)cn1. The second kappa shape index (κ2) is 8.89. The molecule has 0 aliphatic carbocycles. The van der Waals surface area contributed by atoms with Gasteiger partial charge in [-0.1, -0.05) is 13.8 Å². The number of hydrogen-bond acceptors (Lipinski definition) is 5. The van der Waals surface area contributed by atoms with Crippen molar-refractivity contribution in [2.75, 3.05) is 6.61 Å². The fraction of sp³-hybridized carbons (Fsp3) is 0.238. The number of nitrogens with zero attached hydrogens (tertiary/aromatic N) is 3. The molecule has 3 aromatic rings. The molecule has 0 unspecified atom stereocenters. The lowest BCUT2D eigenvalue weighted by Crippen LogP contribution is -2.23. The molecule has 0 saturated heterocycles. The van der Waals surface area contributed by atoms with E-state index >= 15 is 0 Å². The van der Waals surface area contributed by atoms with Gasteiger partial charge in [-0.3, -0.25) is 14.8 Å². The maximum Gasteiger partial charge on any atom is 0.253 e. The van der Waals surface area contributed by atoms with E-state index in [1.807, 2.05) is 24.3 Å². The van der Waals surface area contributed by atoms with E-state index < -0.39 is 0 Å². The van der Waals surface area contributed by atoms with Crippen LogP contribution >= 0.6 is 0 Å². The van der Waals surface area contributed by atoms with Gasteiger partial charge in [0.05, 0.1) is 17.9 Å². The second-order valence-electron chi connectivity index (χ2n) is 6.56. The van der Waals surface area contributed by atoms with Gasteiger partial charge in [-0.15, -0.1) is 0 Å². The zero-order valence-electron chi connectivity index (χ0n) is 15.4. The first-order chi connectivity index (χ1) is 13.1. The molecule has 6 heteroatoms.